The third kappa shape index (κ3) is 39.4. The summed E-state index contributed by atoms with van der Waals surface area (Å²) < 4.78 is 28.0. The number of rotatable bonds is 27. The fourth-order valence-corrected chi connectivity index (χ4v) is 16.7. The van der Waals surface area contributed by atoms with Gasteiger partial charge in [-0.25, -0.2) is 4.98 Å². The molecule has 3 aromatic rings. The Morgan fingerprint density at radius 3 is 1.41 bits per heavy atom. The van der Waals surface area contributed by atoms with Gasteiger partial charge in [0.1, 0.15) is 48.8 Å². The van der Waals surface area contributed by atoms with Crippen LogP contribution in [0.3, 0.4) is 0 Å². The lowest BCUT2D eigenvalue weighted by molar-refractivity contribution is -0.171. The van der Waals surface area contributed by atoms with Crippen molar-refractivity contribution in [3.63, 3.8) is 0 Å². The van der Waals surface area contributed by atoms with Crippen molar-refractivity contribution < 1.29 is 84.3 Å². The van der Waals surface area contributed by atoms with Gasteiger partial charge in [-0.1, -0.05) is 107 Å². The van der Waals surface area contributed by atoms with Crippen molar-refractivity contribution in [2.45, 2.75) is 178 Å². The summed E-state index contributed by atoms with van der Waals surface area (Å²) in [7, 11) is 11.8. The number of carboxylic acid groups (broad SMARTS) is 1. The number of ether oxygens (including phenoxy) is 4. The summed E-state index contributed by atoms with van der Waals surface area (Å²) in [4.78, 5) is 91.8. The molecule has 5 N–H and O–H groups in total. The topological polar surface area (TPSA) is 296 Å². The maximum Gasteiger partial charge on any atom is 0.305 e. The van der Waals surface area contributed by atoms with Gasteiger partial charge in [-0.3, -0.25) is 48.1 Å². The van der Waals surface area contributed by atoms with Crippen molar-refractivity contribution in [1.29, 1.82) is 0 Å². The van der Waals surface area contributed by atoms with Crippen LogP contribution in [0.15, 0.2) is 67.3 Å². The Kier molecular flexibility index (Phi) is 44.2. The number of esters is 2. The van der Waals surface area contributed by atoms with Gasteiger partial charge in [0.15, 0.2) is 11.6 Å². The molecule has 3 unspecified atom stereocenters. The highest BCUT2D eigenvalue weighted by atomic mass is 127. The van der Waals surface area contributed by atoms with Gasteiger partial charge in [0.05, 0.1) is 13.2 Å². The second kappa shape index (κ2) is 48.3. The SMILES string of the molecule is CC(C)(O)C(=O)c1ccc(OCCO)cc1.CC(C)(O)C(=O)c1ccc(OCCOC(=O)CCCCC2CCSS2)cc1.CCOC(C)=O.O=C(CCCCC1CCSS1)n1ccnc1.O=C(O)CCCCC1CCSS1.O=C1CCC(=O)N1O.[2H]CI. The number of carbonyl (C=O) groups excluding carboxylic acids is 7. The Morgan fingerprint density at radius 2 is 1.09 bits per heavy atom. The number of imidazole rings is 1. The normalized spacial score (nSPS) is 16.8. The van der Waals surface area contributed by atoms with Crippen LogP contribution in [0.2, 0.25) is 0 Å². The molecule has 0 radical (unpaired) electrons. The average Bonchev–Trinajstić information content (AvgIpc) is 2.84. The van der Waals surface area contributed by atoms with Crippen molar-refractivity contribution in [3.05, 3.63) is 78.4 Å². The molecule has 3 atom stereocenters. The summed E-state index contributed by atoms with van der Waals surface area (Å²) in [5.74, 6) is 2.41. The van der Waals surface area contributed by atoms with Crippen LogP contribution in [0, 0.1) is 0 Å². The molecule has 2 amide bonds. The molecular weight excluding hydrogens is 1350 g/mol. The minimum Gasteiger partial charge on any atom is -0.491 e. The molecule has 2 aromatic carbocycles. The van der Waals surface area contributed by atoms with Gasteiger partial charge in [-0.05, 0) is 146 Å². The molecule has 4 saturated heterocycles. The number of benzene rings is 2. The number of aliphatic carboxylic acids is 1. The smallest absolute Gasteiger partial charge is 0.305 e. The summed E-state index contributed by atoms with van der Waals surface area (Å²) in [6, 6.07) is 13.0. The molecule has 27 heteroatoms. The number of hydroxylamine groups is 2. The van der Waals surface area contributed by atoms with Crippen molar-refractivity contribution in [2.24, 2.45) is 0 Å². The van der Waals surface area contributed by atoms with E-state index in [2.05, 4.69) is 9.72 Å². The van der Waals surface area contributed by atoms with Crippen molar-refractivity contribution in [1.82, 2.24) is 14.6 Å². The van der Waals surface area contributed by atoms with Crippen LogP contribution < -0.4 is 9.47 Å². The van der Waals surface area contributed by atoms with Crippen LogP contribution in [-0.2, 0) is 33.4 Å². The van der Waals surface area contributed by atoms with Gasteiger partial charge in [0, 0.05) is 96.9 Å². The molecule has 0 spiro atoms. The van der Waals surface area contributed by atoms with E-state index in [9.17, 15) is 48.6 Å². The number of hydrogen-bond acceptors (Lipinski definition) is 23. The minimum atomic E-state index is -1.40. The molecule has 7 rings (SSSR count). The maximum atomic E-state index is 11.9. The molecule has 4 fully saturated rings. The Balaban J connectivity index is 0.000000554. The third-order valence-electron chi connectivity index (χ3n) is 12.2. The lowest BCUT2D eigenvalue weighted by Crippen LogP contribution is -2.30. The number of aliphatic hydroxyl groups excluding tert-OH is 1. The molecule has 5 heterocycles. The van der Waals surface area contributed by atoms with Gasteiger partial charge >= 0.3 is 17.9 Å². The largest absolute Gasteiger partial charge is 0.491 e. The summed E-state index contributed by atoms with van der Waals surface area (Å²) in [6.07, 6.45) is 20.3. The van der Waals surface area contributed by atoms with E-state index in [1.807, 2.05) is 87.4 Å². The first-order valence-electron chi connectivity index (χ1n) is 29.4. The Hall–Kier alpha value is -3.52. The first-order valence-corrected chi connectivity index (χ1v) is 37.4. The van der Waals surface area contributed by atoms with Gasteiger partial charge < -0.3 is 39.4 Å². The van der Waals surface area contributed by atoms with Crippen LogP contribution in [0.4, 0.5) is 0 Å². The highest BCUT2D eigenvalue weighted by Crippen LogP contribution is 2.41. The average molecular weight is 1450 g/mol. The van der Waals surface area contributed by atoms with Crippen molar-refractivity contribution in [2.75, 3.05) is 55.2 Å². The summed E-state index contributed by atoms with van der Waals surface area (Å²) in [5.41, 5.74) is -1.90. The number of carbonyl (C=O) groups is 8. The Bertz CT molecular complexity index is 2420. The van der Waals surface area contributed by atoms with Crippen LogP contribution in [0.1, 0.15) is 178 Å². The van der Waals surface area contributed by atoms with E-state index in [0.29, 0.717) is 53.4 Å². The number of alkyl halides is 1. The van der Waals surface area contributed by atoms with E-state index >= 15 is 0 Å². The van der Waals surface area contributed by atoms with Crippen LogP contribution >= 0.6 is 87.4 Å². The molecule has 0 aliphatic carbocycles. The zero-order chi connectivity index (χ0) is 65.8. The number of nitrogens with zero attached hydrogens (tertiary/aromatic N) is 3. The van der Waals surface area contributed by atoms with Crippen molar-refractivity contribution in [3.8, 4) is 11.5 Å². The molecule has 4 aliphatic heterocycles. The van der Waals surface area contributed by atoms with E-state index in [1.165, 1.54) is 96.8 Å². The number of aromatic nitrogens is 2. The number of halogens is 1. The molecule has 20 nitrogen and oxygen atoms in total. The lowest BCUT2D eigenvalue weighted by Gasteiger charge is -2.15. The maximum absolute atomic E-state index is 11.9. The number of Topliss-reactive ketones (excluding diaryl/α,β-unsaturated/α-hetero) is 2. The first-order chi connectivity index (χ1) is 41.9. The highest BCUT2D eigenvalue weighted by molar-refractivity contribution is 14.1. The fraction of sp³-hybridized carbons (Fsp3) is 0.617. The second-order valence-corrected chi connectivity index (χ2v) is 28.8. The molecule has 0 saturated carbocycles. The van der Waals surface area contributed by atoms with Crippen LogP contribution in [0.5, 0.6) is 11.5 Å². The number of unbranched alkanes of at least 4 members (excludes halogenated alkanes) is 3. The number of hydrogen-bond donors (Lipinski definition) is 5. The fourth-order valence-electron chi connectivity index (χ4n) is 7.60. The second-order valence-electron chi connectivity index (χ2n) is 20.5. The van der Waals surface area contributed by atoms with E-state index < -0.39 is 29.0 Å². The van der Waals surface area contributed by atoms with E-state index in [1.54, 1.807) is 78.7 Å². The monoisotopic (exact) mass is 1440 g/mol. The number of aliphatic hydroxyl groups is 3. The van der Waals surface area contributed by atoms with Crippen LogP contribution in [0.25, 0.3) is 0 Å². The van der Waals surface area contributed by atoms with E-state index in [4.69, 9.17) is 31.0 Å². The lowest BCUT2D eigenvalue weighted by atomic mass is 9.97. The number of imide groups is 1. The quantitative estimate of drug-likeness (QED) is 0.00692. The first kappa shape index (κ1) is 79.6. The zero-order valence-corrected chi connectivity index (χ0v) is 57.8. The number of amides is 2. The molecule has 490 valence electrons. The number of ketones is 2. The van der Waals surface area contributed by atoms with Gasteiger partial charge in [0.2, 0.25) is 5.91 Å². The summed E-state index contributed by atoms with van der Waals surface area (Å²) in [6.45, 7) is 10.1. The number of carboxylic acids is 1. The van der Waals surface area contributed by atoms with Crippen LogP contribution in [-0.4, -0.2) is 170 Å². The summed E-state index contributed by atoms with van der Waals surface area (Å²) >= 11 is 1.96. The standard InChI is InChI=1S/C20H28O5S2.C12H16O4.C11H16N2OS2.C8H14O2S2.C4H5NO3.C4H8O2.CH3I/c1-20(2,23)19(22)15-7-9-16(10-8-15)24-12-13-25-18(21)6-4-3-5-17-11-14-26-27-17;1-12(2,15)11(14)9-3-5-10(6-4-9)16-8-7-13;14-11(13-7-6-12-9-13)4-2-1-3-10-5-8-15-16-10;9-8(10)4-2-1-3-7-5-6-11-12-7;6-3-1-2-4(7)5(3)8;1-3-6-4(2)5;1-2/h7-10,17,23H,3-6,11-14H2,1-2H3;3-6,13,15H,7-8H2,1-2H3;6-7,9-10H,1-5,8H2;7H,1-6H2,(H,9,10);8H,1-2H2;3H2,1-2H3;1H3/i;;;;;;1D. The Morgan fingerprint density at radius 1 is 0.667 bits per heavy atom. The summed E-state index contributed by atoms with van der Waals surface area (Å²) in [5, 5.41) is 47.2. The van der Waals surface area contributed by atoms with Crippen molar-refractivity contribution >= 4 is 135 Å². The molecular formula is C60H90IN3O17S6. The van der Waals surface area contributed by atoms with Gasteiger partial charge in [-0.15, -0.1) is 0 Å². The van der Waals surface area contributed by atoms with E-state index in [0.717, 1.165) is 47.9 Å². The molecule has 1 aromatic heterocycles. The highest BCUT2D eigenvalue weighted by Gasteiger charge is 2.28. The van der Waals surface area contributed by atoms with Gasteiger partial charge in [-0.2, -0.15) is 5.06 Å². The molecule has 4 aliphatic rings. The third-order valence-corrected chi connectivity index (χ3v) is 21.2. The minimum absolute atomic E-state index is 0.0512. The Labute approximate surface area is 552 Å². The van der Waals surface area contributed by atoms with Gasteiger partial charge in [0.25, 0.3) is 11.8 Å². The molecule has 0 bridgehead atoms. The molecule has 87 heavy (non-hydrogen) atoms. The predicted molar refractivity (Wildman–Crippen MR) is 360 cm³/mol. The zero-order valence-electron chi connectivity index (χ0n) is 51.8. The van der Waals surface area contributed by atoms with E-state index in [-0.39, 0.29) is 73.7 Å². The predicted octanol–water partition coefficient (Wildman–Crippen LogP) is 12.5.